The number of piperidine rings is 2. The maximum Gasteiger partial charge on any atom is 0.276 e. The van der Waals surface area contributed by atoms with E-state index in [1.165, 1.54) is 15.8 Å². The van der Waals surface area contributed by atoms with Gasteiger partial charge in [-0.3, -0.25) is 24.5 Å². The summed E-state index contributed by atoms with van der Waals surface area (Å²) in [7, 11) is 0. The number of benzene rings is 1. The lowest BCUT2D eigenvalue weighted by molar-refractivity contribution is -0.136. The Bertz CT molecular complexity index is 1360. The van der Waals surface area contributed by atoms with Crippen LogP contribution in [-0.4, -0.2) is 66.2 Å². The number of likely N-dealkylation sites (tertiary alicyclic amines) is 1. The van der Waals surface area contributed by atoms with Crippen molar-refractivity contribution < 1.29 is 23.7 Å². The van der Waals surface area contributed by atoms with Crippen molar-refractivity contribution in [1.29, 1.82) is 0 Å². The first-order valence-corrected chi connectivity index (χ1v) is 11.9. The highest BCUT2D eigenvalue weighted by Gasteiger charge is 2.39. The smallest absolute Gasteiger partial charge is 0.276 e. The number of aromatic nitrogens is 4. The van der Waals surface area contributed by atoms with Crippen LogP contribution in [0, 0.1) is 0 Å². The van der Waals surface area contributed by atoms with E-state index in [2.05, 4.69) is 20.8 Å². The number of nitrogens with zero attached hydrogens (tertiary/aromatic N) is 6. The van der Waals surface area contributed by atoms with Crippen LogP contribution in [0.5, 0.6) is 0 Å². The molecule has 1 aromatic carbocycles. The van der Waals surface area contributed by atoms with Crippen LogP contribution in [0.1, 0.15) is 70.2 Å². The van der Waals surface area contributed by atoms with Gasteiger partial charge in [-0.1, -0.05) is 10.4 Å². The van der Waals surface area contributed by atoms with Gasteiger partial charge in [-0.05, 0) is 49.4 Å². The Morgan fingerprint density at radius 3 is 2.78 bits per heavy atom. The fourth-order valence-corrected chi connectivity index (χ4v) is 5.21. The quantitative estimate of drug-likeness (QED) is 0.542. The normalized spacial score (nSPS) is 22.1. The van der Waals surface area contributed by atoms with E-state index >= 15 is 0 Å². The van der Waals surface area contributed by atoms with Crippen LogP contribution in [-0.2, 0) is 16.1 Å². The maximum absolute atomic E-state index is 13.3. The highest BCUT2D eigenvalue weighted by molar-refractivity contribution is 6.05. The van der Waals surface area contributed by atoms with Gasteiger partial charge in [-0.25, -0.2) is 4.68 Å². The SMILES string of the molecule is O=C1CCC(N2Cc3cc(-n4cc(C(=O)N5CCCC[C@@H]5c5ccon5)nn4)ccc3C2=O)C(=O)N1. The Morgan fingerprint density at radius 1 is 1.08 bits per heavy atom. The van der Waals surface area contributed by atoms with Crippen LogP contribution in [0.15, 0.2) is 41.2 Å². The molecule has 6 rings (SSSR count). The molecule has 2 fully saturated rings. The van der Waals surface area contributed by atoms with Crippen molar-refractivity contribution in [2.45, 2.75) is 50.7 Å². The lowest BCUT2D eigenvalue weighted by atomic mass is 9.99. The number of hydrogen-bond acceptors (Lipinski definition) is 8. The minimum atomic E-state index is -0.677. The fraction of sp³-hybridized carbons (Fsp3) is 0.375. The van der Waals surface area contributed by atoms with Gasteiger partial charge in [-0.15, -0.1) is 5.10 Å². The van der Waals surface area contributed by atoms with Crippen LogP contribution < -0.4 is 5.32 Å². The molecule has 3 aliphatic rings. The lowest BCUT2D eigenvalue weighted by Gasteiger charge is -2.33. The maximum atomic E-state index is 13.3. The van der Waals surface area contributed by atoms with Crippen molar-refractivity contribution in [3.63, 3.8) is 0 Å². The molecule has 4 amide bonds. The summed E-state index contributed by atoms with van der Waals surface area (Å²) in [6, 6.07) is 6.15. The molecule has 0 bridgehead atoms. The topological polar surface area (TPSA) is 144 Å². The van der Waals surface area contributed by atoms with E-state index in [4.69, 9.17) is 4.52 Å². The lowest BCUT2D eigenvalue weighted by Crippen LogP contribution is -2.52. The highest BCUT2D eigenvalue weighted by Crippen LogP contribution is 2.32. The van der Waals surface area contributed by atoms with Gasteiger partial charge < -0.3 is 14.3 Å². The number of fused-ring (bicyclic) bond motifs is 1. The van der Waals surface area contributed by atoms with Crippen molar-refractivity contribution in [2.75, 3.05) is 6.54 Å². The summed E-state index contributed by atoms with van der Waals surface area (Å²) >= 11 is 0. The predicted octanol–water partition coefficient (Wildman–Crippen LogP) is 1.38. The minimum Gasteiger partial charge on any atom is -0.364 e. The Morgan fingerprint density at radius 2 is 1.97 bits per heavy atom. The number of nitrogens with one attached hydrogen (secondary N) is 1. The fourth-order valence-electron chi connectivity index (χ4n) is 5.21. The molecule has 2 saturated heterocycles. The van der Waals surface area contributed by atoms with E-state index in [1.54, 1.807) is 35.4 Å². The van der Waals surface area contributed by atoms with Gasteiger partial charge in [-0.2, -0.15) is 0 Å². The van der Waals surface area contributed by atoms with Crippen LogP contribution in [0.25, 0.3) is 5.69 Å². The summed E-state index contributed by atoms with van der Waals surface area (Å²) in [6.07, 6.45) is 6.28. The van der Waals surface area contributed by atoms with E-state index in [-0.39, 0.29) is 42.4 Å². The molecule has 1 N–H and O–H groups in total. The minimum absolute atomic E-state index is 0.167. The second-order valence-corrected chi connectivity index (χ2v) is 9.22. The van der Waals surface area contributed by atoms with Crippen LogP contribution in [0.3, 0.4) is 0 Å². The third kappa shape index (κ3) is 3.74. The summed E-state index contributed by atoms with van der Waals surface area (Å²) in [6.45, 7) is 0.849. The Kier molecular flexibility index (Phi) is 5.35. The van der Waals surface area contributed by atoms with Gasteiger partial charge in [0.25, 0.3) is 11.8 Å². The summed E-state index contributed by atoms with van der Waals surface area (Å²) in [4.78, 5) is 53.2. The molecule has 5 heterocycles. The van der Waals surface area contributed by atoms with Crippen LogP contribution >= 0.6 is 0 Å². The Balaban J connectivity index is 1.21. The van der Waals surface area contributed by atoms with E-state index in [1.807, 2.05) is 0 Å². The van der Waals surface area contributed by atoms with Crippen molar-refractivity contribution in [2.24, 2.45) is 0 Å². The van der Waals surface area contributed by atoms with Crippen LogP contribution in [0.4, 0.5) is 0 Å². The van der Waals surface area contributed by atoms with E-state index in [0.717, 1.165) is 30.5 Å². The number of imide groups is 1. The van der Waals surface area contributed by atoms with Gasteiger partial charge in [0.1, 0.15) is 18.0 Å². The summed E-state index contributed by atoms with van der Waals surface area (Å²) in [5, 5.41) is 14.6. The monoisotopic (exact) mass is 489 g/mol. The van der Waals surface area contributed by atoms with Crippen molar-refractivity contribution in [3.05, 3.63) is 59.2 Å². The molecule has 2 atom stereocenters. The average Bonchev–Trinajstić information content (AvgIpc) is 3.65. The first kappa shape index (κ1) is 22.1. The first-order chi connectivity index (χ1) is 17.5. The molecule has 12 nitrogen and oxygen atoms in total. The molecule has 0 saturated carbocycles. The molecule has 2 aromatic heterocycles. The molecular formula is C24H23N7O5. The summed E-state index contributed by atoms with van der Waals surface area (Å²) in [5.74, 6) is -1.25. The second kappa shape index (κ2) is 8.70. The third-order valence-corrected chi connectivity index (χ3v) is 7.05. The van der Waals surface area contributed by atoms with Gasteiger partial charge in [0.05, 0.1) is 17.9 Å². The number of hydrogen-bond donors (Lipinski definition) is 1. The van der Waals surface area contributed by atoms with E-state index in [0.29, 0.717) is 24.2 Å². The number of amides is 4. The molecule has 3 aromatic rings. The van der Waals surface area contributed by atoms with Gasteiger partial charge in [0, 0.05) is 31.1 Å². The van der Waals surface area contributed by atoms with E-state index in [9.17, 15) is 19.2 Å². The third-order valence-electron chi connectivity index (χ3n) is 7.05. The van der Waals surface area contributed by atoms with Crippen molar-refractivity contribution >= 4 is 23.6 Å². The molecule has 12 heteroatoms. The zero-order chi connectivity index (χ0) is 24.8. The van der Waals surface area contributed by atoms with Gasteiger partial charge in [0.2, 0.25) is 11.8 Å². The summed E-state index contributed by atoms with van der Waals surface area (Å²) < 4.78 is 6.48. The Labute approximate surface area is 205 Å². The molecule has 0 radical (unpaired) electrons. The molecule has 0 aliphatic carbocycles. The van der Waals surface area contributed by atoms with Crippen LogP contribution in [0.2, 0.25) is 0 Å². The van der Waals surface area contributed by atoms with Crippen molar-refractivity contribution in [3.8, 4) is 5.69 Å². The van der Waals surface area contributed by atoms with Crippen molar-refractivity contribution in [1.82, 2.24) is 35.3 Å². The predicted molar refractivity (Wildman–Crippen MR) is 122 cm³/mol. The molecule has 0 spiro atoms. The second-order valence-electron chi connectivity index (χ2n) is 9.22. The first-order valence-electron chi connectivity index (χ1n) is 11.9. The molecule has 36 heavy (non-hydrogen) atoms. The highest BCUT2D eigenvalue weighted by atomic mass is 16.5. The summed E-state index contributed by atoms with van der Waals surface area (Å²) in [5.41, 5.74) is 2.83. The number of carbonyl (C=O) groups excluding carboxylic acids is 4. The molecule has 3 aliphatic heterocycles. The Hall–Kier alpha value is -4.35. The number of carbonyl (C=O) groups is 4. The average molecular weight is 489 g/mol. The number of rotatable bonds is 4. The van der Waals surface area contributed by atoms with E-state index < -0.39 is 11.9 Å². The van der Waals surface area contributed by atoms with Gasteiger partial charge >= 0.3 is 0 Å². The molecular weight excluding hydrogens is 466 g/mol. The largest absolute Gasteiger partial charge is 0.364 e. The zero-order valence-electron chi connectivity index (χ0n) is 19.3. The van der Waals surface area contributed by atoms with Gasteiger partial charge in [0.15, 0.2) is 5.69 Å². The standard InChI is InChI=1S/C24H23N7O5/c32-21-7-6-20(22(33)25-21)30-12-14-11-15(4-5-16(14)23(30)34)31-13-18(26-28-31)24(35)29-9-2-1-3-19(29)17-8-10-36-27-17/h4-5,8,10-11,13,19-20H,1-3,6-7,9,12H2,(H,25,32,33)/t19-,20?/m1/s1. The zero-order valence-corrected chi connectivity index (χ0v) is 19.3. The molecule has 184 valence electrons. The molecule has 1 unspecified atom stereocenters.